The van der Waals surface area contributed by atoms with Crippen LogP contribution in [0.2, 0.25) is 5.02 Å². The number of amides is 1. The lowest BCUT2D eigenvalue weighted by Crippen LogP contribution is -2.30. The van der Waals surface area contributed by atoms with Crippen LogP contribution >= 0.6 is 11.6 Å². The van der Waals surface area contributed by atoms with Crippen LogP contribution in [0.1, 0.15) is 18.1 Å². The summed E-state index contributed by atoms with van der Waals surface area (Å²) in [6.45, 7) is 5.40. The van der Waals surface area contributed by atoms with Crippen LogP contribution in [-0.4, -0.2) is 20.4 Å². The number of hydrogen-bond acceptors (Lipinski definition) is 4. The van der Waals surface area contributed by atoms with E-state index in [-0.39, 0.29) is 10.8 Å². The number of sulfonamides is 1. The number of halogens is 1. The fourth-order valence-corrected chi connectivity index (χ4v) is 4.20. The molecule has 0 fully saturated rings. The molecule has 6 nitrogen and oxygen atoms in total. The van der Waals surface area contributed by atoms with E-state index in [9.17, 15) is 13.2 Å². The molecule has 1 atom stereocenters. The van der Waals surface area contributed by atoms with Crippen LogP contribution in [-0.2, 0) is 14.8 Å². The van der Waals surface area contributed by atoms with Gasteiger partial charge in [0.1, 0.15) is 5.75 Å². The molecule has 3 rings (SSSR count). The topological polar surface area (TPSA) is 84.5 Å². The summed E-state index contributed by atoms with van der Waals surface area (Å²) >= 11 is 5.92. The maximum absolute atomic E-state index is 12.7. The van der Waals surface area contributed by atoms with E-state index in [0.717, 1.165) is 11.1 Å². The molecule has 31 heavy (non-hydrogen) atoms. The van der Waals surface area contributed by atoms with Gasteiger partial charge in [0.15, 0.2) is 6.10 Å². The molecule has 3 aromatic rings. The van der Waals surface area contributed by atoms with Crippen LogP contribution in [0.5, 0.6) is 5.75 Å². The molecule has 0 saturated heterocycles. The van der Waals surface area contributed by atoms with E-state index in [4.69, 9.17) is 16.3 Å². The van der Waals surface area contributed by atoms with E-state index in [1.54, 1.807) is 37.3 Å². The normalized spacial score (nSPS) is 12.1. The van der Waals surface area contributed by atoms with Gasteiger partial charge in [-0.3, -0.25) is 9.52 Å². The molecule has 3 aromatic carbocycles. The number of carbonyl (C=O) groups is 1. The molecule has 0 radical (unpaired) electrons. The first-order valence-corrected chi connectivity index (χ1v) is 11.4. The second-order valence-electron chi connectivity index (χ2n) is 7.15. The van der Waals surface area contributed by atoms with Gasteiger partial charge in [-0.05, 0) is 74.9 Å². The zero-order chi connectivity index (χ0) is 22.6. The molecule has 0 aromatic heterocycles. The van der Waals surface area contributed by atoms with Crippen LogP contribution < -0.4 is 14.8 Å². The summed E-state index contributed by atoms with van der Waals surface area (Å²) in [5.41, 5.74) is 2.86. The second kappa shape index (κ2) is 9.41. The maximum Gasteiger partial charge on any atom is 0.265 e. The van der Waals surface area contributed by atoms with Gasteiger partial charge in [-0.15, -0.1) is 0 Å². The van der Waals surface area contributed by atoms with Crippen molar-refractivity contribution >= 4 is 38.9 Å². The Morgan fingerprint density at radius 2 is 1.71 bits per heavy atom. The highest BCUT2D eigenvalue weighted by Gasteiger charge is 2.18. The van der Waals surface area contributed by atoms with Crippen molar-refractivity contribution in [1.29, 1.82) is 0 Å². The highest BCUT2D eigenvalue weighted by molar-refractivity contribution is 7.92. The molecule has 0 aliphatic heterocycles. The maximum atomic E-state index is 12.7. The highest BCUT2D eigenvalue weighted by Crippen LogP contribution is 2.22. The summed E-state index contributed by atoms with van der Waals surface area (Å²) in [4.78, 5) is 12.5. The zero-order valence-corrected chi connectivity index (χ0v) is 18.9. The van der Waals surface area contributed by atoms with E-state index < -0.39 is 16.1 Å². The van der Waals surface area contributed by atoms with Crippen molar-refractivity contribution < 1.29 is 17.9 Å². The molecule has 0 aliphatic rings. The smallest absolute Gasteiger partial charge is 0.265 e. The van der Waals surface area contributed by atoms with Crippen LogP contribution in [0.3, 0.4) is 0 Å². The van der Waals surface area contributed by atoms with Gasteiger partial charge < -0.3 is 10.1 Å². The lowest BCUT2D eigenvalue weighted by atomic mass is 10.1. The van der Waals surface area contributed by atoms with E-state index in [1.807, 2.05) is 26.0 Å². The van der Waals surface area contributed by atoms with E-state index in [0.29, 0.717) is 22.1 Å². The van der Waals surface area contributed by atoms with Crippen LogP contribution in [0, 0.1) is 13.8 Å². The molecule has 0 unspecified atom stereocenters. The minimum absolute atomic E-state index is 0.0914. The summed E-state index contributed by atoms with van der Waals surface area (Å²) < 4.78 is 33.5. The van der Waals surface area contributed by atoms with Gasteiger partial charge in [0.2, 0.25) is 0 Å². The minimum atomic E-state index is -3.75. The number of rotatable bonds is 7. The predicted molar refractivity (Wildman–Crippen MR) is 123 cm³/mol. The third-order valence-corrected chi connectivity index (χ3v) is 6.15. The minimum Gasteiger partial charge on any atom is -0.481 e. The Hall–Kier alpha value is -3.03. The zero-order valence-electron chi connectivity index (χ0n) is 17.3. The Labute approximate surface area is 187 Å². The monoisotopic (exact) mass is 458 g/mol. The van der Waals surface area contributed by atoms with Gasteiger partial charge in [0.05, 0.1) is 10.6 Å². The SMILES string of the molecule is Cc1ccc(NS(=O)(=O)c2ccc(NC(=O)[C@H](C)Oc3cccc(Cl)c3)cc2)c(C)c1. The standard InChI is InChI=1S/C23H23ClN2O4S/c1-15-7-12-22(16(2)13-15)26-31(28,29)21-10-8-19(9-11-21)25-23(27)17(3)30-20-6-4-5-18(24)14-20/h4-14,17,26H,1-3H3,(H,25,27)/t17-/m0/s1. The molecule has 0 bridgehead atoms. The Morgan fingerprint density at radius 1 is 1.00 bits per heavy atom. The van der Waals surface area contributed by atoms with Crippen molar-refractivity contribution in [2.24, 2.45) is 0 Å². The molecule has 1 amide bonds. The van der Waals surface area contributed by atoms with E-state index in [2.05, 4.69) is 10.0 Å². The average molecular weight is 459 g/mol. The number of anilines is 2. The molecule has 0 aliphatic carbocycles. The van der Waals surface area contributed by atoms with Crippen LogP contribution in [0.15, 0.2) is 71.6 Å². The lowest BCUT2D eigenvalue weighted by molar-refractivity contribution is -0.122. The third kappa shape index (κ3) is 5.99. The van der Waals surface area contributed by atoms with Crippen molar-refractivity contribution in [3.63, 3.8) is 0 Å². The van der Waals surface area contributed by atoms with Crippen molar-refractivity contribution in [2.45, 2.75) is 31.8 Å². The Kier molecular flexibility index (Phi) is 6.87. The number of nitrogens with one attached hydrogen (secondary N) is 2. The Bertz CT molecular complexity index is 1190. The highest BCUT2D eigenvalue weighted by atomic mass is 35.5. The Balaban J connectivity index is 1.65. The van der Waals surface area contributed by atoms with Gasteiger partial charge in [-0.25, -0.2) is 8.42 Å². The Morgan fingerprint density at radius 3 is 2.35 bits per heavy atom. The van der Waals surface area contributed by atoms with Gasteiger partial charge in [0.25, 0.3) is 15.9 Å². The summed E-state index contributed by atoms with van der Waals surface area (Å²) in [5, 5.41) is 3.22. The largest absolute Gasteiger partial charge is 0.481 e. The molecular weight excluding hydrogens is 436 g/mol. The number of benzene rings is 3. The van der Waals surface area contributed by atoms with E-state index >= 15 is 0 Å². The van der Waals surface area contributed by atoms with Gasteiger partial charge >= 0.3 is 0 Å². The van der Waals surface area contributed by atoms with Gasteiger partial charge in [-0.1, -0.05) is 35.4 Å². The average Bonchev–Trinajstić information content (AvgIpc) is 2.70. The molecule has 8 heteroatoms. The van der Waals surface area contributed by atoms with Gasteiger partial charge in [-0.2, -0.15) is 0 Å². The summed E-state index contributed by atoms with van der Waals surface area (Å²) in [7, 11) is -3.75. The first-order chi connectivity index (χ1) is 14.6. The summed E-state index contributed by atoms with van der Waals surface area (Å²) in [5.74, 6) is 0.109. The molecule has 2 N–H and O–H groups in total. The number of aryl methyl sites for hydroxylation is 2. The summed E-state index contributed by atoms with van der Waals surface area (Å²) in [6.07, 6.45) is -0.770. The number of ether oxygens (including phenoxy) is 1. The quantitative estimate of drug-likeness (QED) is 0.512. The van der Waals surface area contributed by atoms with Crippen LogP contribution in [0.25, 0.3) is 0 Å². The molecule has 0 saturated carbocycles. The van der Waals surface area contributed by atoms with Crippen LogP contribution in [0.4, 0.5) is 11.4 Å². The predicted octanol–water partition coefficient (Wildman–Crippen LogP) is 5.16. The third-order valence-electron chi connectivity index (χ3n) is 4.54. The van der Waals surface area contributed by atoms with E-state index in [1.165, 1.54) is 24.3 Å². The first kappa shape index (κ1) is 22.7. The fraction of sp³-hybridized carbons (Fsp3) is 0.174. The molecular formula is C23H23ClN2O4S. The van der Waals surface area contributed by atoms with Crippen molar-refractivity contribution in [1.82, 2.24) is 0 Å². The molecule has 0 heterocycles. The number of hydrogen-bond donors (Lipinski definition) is 2. The number of carbonyl (C=O) groups excluding carboxylic acids is 1. The first-order valence-electron chi connectivity index (χ1n) is 9.57. The second-order valence-corrected chi connectivity index (χ2v) is 9.27. The fourth-order valence-electron chi connectivity index (χ4n) is 2.89. The summed E-state index contributed by atoms with van der Waals surface area (Å²) in [6, 6.07) is 18.2. The molecule has 162 valence electrons. The van der Waals surface area contributed by atoms with Crippen molar-refractivity contribution in [3.05, 3.63) is 82.9 Å². The molecule has 0 spiro atoms. The van der Waals surface area contributed by atoms with Gasteiger partial charge in [0, 0.05) is 10.7 Å². The van der Waals surface area contributed by atoms with Crippen molar-refractivity contribution in [3.8, 4) is 5.75 Å². The van der Waals surface area contributed by atoms with Crippen molar-refractivity contribution in [2.75, 3.05) is 10.0 Å². The lowest BCUT2D eigenvalue weighted by Gasteiger charge is -2.15.